The molecule has 0 bridgehead atoms. The van der Waals surface area contributed by atoms with Crippen molar-refractivity contribution in [2.45, 2.75) is 6.42 Å². The van der Waals surface area contributed by atoms with Crippen LogP contribution in [0.2, 0.25) is 0 Å². The van der Waals surface area contributed by atoms with Gasteiger partial charge in [-0.2, -0.15) is 0 Å². The van der Waals surface area contributed by atoms with Gasteiger partial charge in [-0.3, -0.25) is 9.13 Å². The van der Waals surface area contributed by atoms with E-state index >= 15 is 0 Å². The third-order valence-electron chi connectivity index (χ3n) is 3.59. The molecule has 4 heteroatoms. The highest BCUT2D eigenvalue weighted by Gasteiger charge is 2.11. The Kier molecular flexibility index (Phi) is 3.16. The topological polar surface area (TPSA) is 53.0 Å². The van der Waals surface area contributed by atoms with Crippen LogP contribution >= 0.6 is 0 Å². The Morgan fingerprint density at radius 2 is 1.65 bits per heavy atom. The van der Waals surface area contributed by atoms with E-state index in [2.05, 4.69) is 0 Å². The highest BCUT2D eigenvalue weighted by Crippen LogP contribution is 2.17. The molecular formula is C16H17N3O. The van der Waals surface area contributed by atoms with Crippen LogP contribution in [0.1, 0.15) is 5.56 Å². The summed E-state index contributed by atoms with van der Waals surface area (Å²) in [4.78, 5) is 12.4. The van der Waals surface area contributed by atoms with Crippen molar-refractivity contribution in [1.82, 2.24) is 9.13 Å². The molecule has 0 amide bonds. The Hall–Kier alpha value is -2.33. The van der Waals surface area contributed by atoms with Crippen molar-refractivity contribution in [2.75, 3.05) is 6.54 Å². The number of para-hydroxylation sites is 2. The average Bonchev–Trinajstić information content (AvgIpc) is 2.73. The lowest BCUT2D eigenvalue weighted by Gasteiger charge is -2.05. The van der Waals surface area contributed by atoms with Crippen molar-refractivity contribution in [3.05, 3.63) is 64.6 Å². The quantitative estimate of drug-likeness (QED) is 0.787. The van der Waals surface area contributed by atoms with Crippen molar-refractivity contribution in [3.63, 3.8) is 0 Å². The molecule has 2 aromatic carbocycles. The minimum Gasteiger partial charge on any atom is -0.330 e. The minimum absolute atomic E-state index is 0.0298. The van der Waals surface area contributed by atoms with Gasteiger partial charge in [0.25, 0.3) is 0 Å². The molecule has 1 aromatic heterocycles. The Morgan fingerprint density at radius 1 is 1.00 bits per heavy atom. The molecule has 102 valence electrons. The van der Waals surface area contributed by atoms with Crippen LogP contribution < -0.4 is 11.4 Å². The summed E-state index contributed by atoms with van der Waals surface area (Å²) in [6, 6.07) is 15.8. The van der Waals surface area contributed by atoms with Crippen LogP contribution in [0, 0.1) is 0 Å². The number of aromatic nitrogens is 2. The van der Waals surface area contributed by atoms with Crippen LogP contribution in [0.25, 0.3) is 16.7 Å². The number of imidazole rings is 1. The molecule has 2 N–H and O–H groups in total. The predicted molar refractivity (Wildman–Crippen MR) is 81.3 cm³/mol. The molecule has 0 spiro atoms. The number of benzene rings is 2. The van der Waals surface area contributed by atoms with Crippen LogP contribution in [0.4, 0.5) is 0 Å². The fourth-order valence-electron chi connectivity index (χ4n) is 2.52. The zero-order valence-electron chi connectivity index (χ0n) is 11.4. The number of hydrogen-bond acceptors (Lipinski definition) is 2. The van der Waals surface area contributed by atoms with Gasteiger partial charge in [0, 0.05) is 7.05 Å². The van der Waals surface area contributed by atoms with Crippen LogP contribution in [-0.4, -0.2) is 15.7 Å². The highest BCUT2D eigenvalue weighted by molar-refractivity contribution is 5.78. The van der Waals surface area contributed by atoms with Gasteiger partial charge in [-0.15, -0.1) is 0 Å². The number of nitrogens with zero attached hydrogens (tertiary/aromatic N) is 2. The third kappa shape index (κ3) is 1.94. The van der Waals surface area contributed by atoms with E-state index in [0.717, 1.165) is 23.1 Å². The fourth-order valence-corrected chi connectivity index (χ4v) is 2.52. The lowest BCUT2D eigenvalue weighted by Crippen LogP contribution is -2.20. The zero-order chi connectivity index (χ0) is 14.1. The zero-order valence-corrected chi connectivity index (χ0v) is 11.4. The lowest BCUT2D eigenvalue weighted by molar-refractivity contribution is 0.845. The van der Waals surface area contributed by atoms with Crippen LogP contribution in [0.3, 0.4) is 0 Å². The summed E-state index contributed by atoms with van der Waals surface area (Å²) < 4.78 is 3.41. The van der Waals surface area contributed by atoms with Gasteiger partial charge in [0.05, 0.1) is 16.7 Å². The van der Waals surface area contributed by atoms with Crippen molar-refractivity contribution < 1.29 is 0 Å². The third-order valence-corrected chi connectivity index (χ3v) is 3.59. The number of rotatable bonds is 3. The van der Waals surface area contributed by atoms with Gasteiger partial charge in [-0.25, -0.2) is 4.79 Å². The van der Waals surface area contributed by atoms with Crippen LogP contribution in [-0.2, 0) is 13.5 Å². The number of nitrogens with two attached hydrogens (primary N) is 1. The molecule has 0 aliphatic carbocycles. The minimum atomic E-state index is -0.0298. The van der Waals surface area contributed by atoms with Crippen molar-refractivity contribution in [3.8, 4) is 5.69 Å². The first-order valence-electron chi connectivity index (χ1n) is 6.68. The molecule has 3 rings (SSSR count). The molecule has 20 heavy (non-hydrogen) atoms. The molecule has 0 saturated heterocycles. The predicted octanol–water partition coefficient (Wildman–Crippen LogP) is 1.83. The van der Waals surface area contributed by atoms with Gasteiger partial charge in [-0.05, 0) is 42.8 Å². The van der Waals surface area contributed by atoms with E-state index in [9.17, 15) is 4.79 Å². The van der Waals surface area contributed by atoms with E-state index in [1.54, 1.807) is 16.2 Å². The number of aryl methyl sites for hydroxylation is 1. The smallest absolute Gasteiger partial charge is 0.330 e. The molecule has 1 heterocycles. The molecule has 0 aliphatic heterocycles. The summed E-state index contributed by atoms with van der Waals surface area (Å²) in [6.45, 7) is 0.633. The van der Waals surface area contributed by atoms with E-state index in [0.29, 0.717) is 6.54 Å². The molecule has 0 unspecified atom stereocenters. The van der Waals surface area contributed by atoms with Crippen LogP contribution in [0.15, 0.2) is 53.3 Å². The average molecular weight is 267 g/mol. The molecule has 0 saturated carbocycles. The van der Waals surface area contributed by atoms with Gasteiger partial charge in [0.15, 0.2) is 0 Å². The lowest BCUT2D eigenvalue weighted by atomic mass is 10.1. The number of fused-ring (bicyclic) bond motifs is 1. The van der Waals surface area contributed by atoms with E-state index in [1.807, 2.05) is 48.5 Å². The fraction of sp³-hybridized carbons (Fsp3) is 0.188. The summed E-state index contributed by atoms with van der Waals surface area (Å²) in [6.07, 6.45) is 0.852. The summed E-state index contributed by atoms with van der Waals surface area (Å²) in [5.41, 5.74) is 9.45. The summed E-state index contributed by atoms with van der Waals surface area (Å²) in [5, 5.41) is 0. The second-order valence-corrected chi connectivity index (χ2v) is 4.87. The van der Waals surface area contributed by atoms with Crippen molar-refractivity contribution in [2.24, 2.45) is 12.8 Å². The maximum atomic E-state index is 12.4. The highest BCUT2D eigenvalue weighted by atomic mass is 16.1. The Labute approximate surface area is 117 Å². The summed E-state index contributed by atoms with van der Waals surface area (Å²) in [7, 11) is 1.80. The monoisotopic (exact) mass is 267 g/mol. The van der Waals surface area contributed by atoms with Gasteiger partial charge in [0.2, 0.25) is 0 Å². The molecule has 0 radical (unpaired) electrons. The van der Waals surface area contributed by atoms with Gasteiger partial charge >= 0.3 is 5.69 Å². The second kappa shape index (κ2) is 4.98. The first-order valence-corrected chi connectivity index (χ1v) is 6.68. The van der Waals surface area contributed by atoms with Crippen LogP contribution in [0.5, 0.6) is 0 Å². The Morgan fingerprint density at radius 3 is 2.30 bits per heavy atom. The number of hydrogen-bond donors (Lipinski definition) is 1. The standard InChI is InChI=1S/C16H17N3O/c1-18-14-4-2-3-5-15(14)19(16(18)20)13-8-6-12(7-9-13)10-11-17/h2-9H,10-11,17H2,1H3. The van der Waals surface area contributed by atoms with E-state index in [4.69, 9.17) is 5.73 Å². The molecule has 0 atom stereocenters. The van der Waals surface area contributed by atoms with E-state index in [-0.39, 0.29) is 5.69 Å². The normalized spacial score (nSPS) is 11.1. The molecule has 3 aromatic rings. The summed E-state index contributed by atoms with van der Waals surface area (Å²) in [5.74, 6) is 0. The van der Waals surface area contributed by atoms with Crippen molar-refractivity contribution >= 4 is 11.0 Å². The van der Waals surface area contributed by atoms with Gasteiger partial charge in [0.1, 0.15) is 0 Å². The van der Waals surface area contributed by atoms with Crippen molar-refractivity contribution in [1.29, 1.82) is 0 Å². The summed E-state index contributed by atoms with van der Waals surface area (Å²) >= 11 is 0. The maximum absolute atomic E-state index is 12.4. The van der Waals surface area contributed by atoms with E-state index in [1.165, 1.54) is 5.56 Å². The SMILES string of the molecule is Cn1c(=O)n(-c2ccc(CCN)cc2)c2ccccc21. The maximum Gasteiger partial charge on any atom is 0.333 e. The first kappa shape index (κ1) is 12.7. The second-order valence-electron chi connectivity index (χ2n) is 4.87. The molecule has 0 aliphatic rings. The first-order chi connectivity index (χ1) is 9.72. The molecular weight excluding hydrogens is 250 g/mol. The van der Waals surface area contributed by atoms with Gasteiger partial charge < -0.3 is 5.73 Å². The molecule has 4 nitrogen and oxygen atoms in total. The Bertz CT molecular complexity index is 797. The largest absolute Gasteiger partial charge is 0.333 e. The molecule has 0 fully saturated rings. The van der Waals surface area contributed by atoms with E-state index < -0.39 is 0 Å². The Balaban J connectivity index is 2.19. The van der Waals surface area contributed by atoms with Gasteiger partial charge in [-0.1, -0.05) is 24.3 Å².